The molecular weight excluding hydrogens is 192 g/mol. The molecule has 0 heterocycles. The van der Waals surface area contributed by atoms with E-state index < -0.39 is 17.5 Å². The zero-order valence-corrected chi connectivity index (χ0v) is 10.1. The molecule has 3 heteroatoms. The predicted molar refractivity (Wildman–Crippen MR) is 60.8 cm³/mol. The number of hydrogen-bond acceptors (Lipinski definition) is 2. The molecule has 0 radical (unpaired) electrons. The molecule has 2 N–H and O–H groups in total. The van der Waals surface area contributed by atoms with E-state index in [4.69, 9.17) is 5.11 Å². The normalized spacial score (nSPS) is 17.1. The van der Waals surface area contributed by atoms with Crippen LogP contribution in [0.4, 0.5) is 0 Å². The van der Waals surface area contributed by atoms with Crippen LogP contribution in [0.5, 0.6) is 0 Å². The number of aliphatic hydroxyl groups is 1. The molecule has 0 amide bonds. The maximum absolute atomic E-state index is 11.0. The molecule has 0 aromatic rings. The average molecular weight is 216 g/mol. The van der Waals surface area contributed by atoms with Crippen molar-refractivity contribution in [3.8, 4) is 0 Å². The van der Waals surface area contributed by atoms with E-state index in [-0.39, 0.29) is 0 Å². The van der Waals surface area contributed by atoms with Gasteiger partial charge >= 0.3 is 5.97 Å². The van der Waals surface area contributed by atoms with Gasteiger partial charge in [0.15, 0.2) is 0 Å². The fraction of sp³-hybridized carbons (Fsp3) is 0.917. The number of unbranched alkanes of at least 4 members (excludes halogenated alkanes) is 2. The lowest BCUT2D eigenvalue weighted by Crippen LogP contribution is -2.39. The molecule has 0 saturated carbocycles. The number of carboxylic acid groups (broad SMARTS) is 1. The third-order valence-electron chi connectivity index (χ3n) is 2.91. The third-order valence-corrected chi connectivity index (χ3v) is 2.91. The van der Waals surface area contributed by atoms with Crippen molar-refractivity contribution >= 4 is 5.97 Å². The van der Waals surface area contributed by atoms with Crippen LogP contribution in [0.1, 0.15) is 59.3 Å². The molecule has 90 valence electrons. The van der Waals surface area contributed by atoms with Gasteiger partial charge in [0.05, 0.1) is 11.5 Å². The van der Waals surface area contributed by atoms with Crippen molar-refractivity contribution in [3.63, 3.8) is 0 Å². The van der Waals surface area contributed by atoms with Gasteiger partial charge in [-0.1, -0.05) is 39.5 Å². The topological polar surface area (TPSA) is 57.5 Å². The molecule has 15 heavy (non-hydrogen) atoms. The highest BCUT2D eigenvalue weighted by Crippen LogP contribution is 2.27. The van der Waals surface area contributed by atoms with Crippen LogP contribution >= 0.6 is 0 Å². The molecule has 0 rings (SSSR count). The Morgan fingerprint density at radius 1 is 1.27 bits per heavy atom. The predicted octanol–water partition coefficient (Wildman–Crippen LogP) is 2.82. The number of rotatable bonds is 8. The summed E-state index contributed by atoms with van der Waals surface area (Å²) in [6.07, 6.45) is 4.96. The molecular formula is C12H24O3. The van der Waals surface area contributed by atoms with Crippen LogP contribution in [0.2, 0.25) is 0 Å². The van der Waals surface area contributed by atoms with Crippen molar-refractivity contribution in [3.05, 3.63) is 0 Å². The lowest BCUT2D eigenvalue weighted by molar-refractivity contribution is -0.152. The van der Waals surface area contributed by atoms with Crippen molar-refractivity contribution in [2.45, 2.75) is 64.9 Å². The summed E-state index contributed by atoms with van der Waals surface area (Å²) in [5.41, 5.74) is -1.06. The van der Waals surface area contributed by atoms with Crippen molar-refractivity contribution in [2.24, 2.45) is 5.92 Å². The molecule has 0 fully saturated rings. The smallest absolute Gasteiger partial charge is 0.309 e. The van der Waals surface area contributed by atoms with Crippen LogP contribution < -0.4 is 0 Å². The lowest BCUT2D eigenvalue weighted by Gasteiger charge is -2.29. The molecule has 0 aromatic carbocycles. The van der Waals surface area contributed by atoms with E-state index in [0.29, 0.717) is 12.8 Å². The maximum atomic E-state index is 11.0. The number of carbonyl (C=O) groups is 1. The van der Waals surface area contributed by atoms with Gasteiger partial charge in [-0.25, -0.2) is 0 Å². The van der Waals surface area contributed by atoms with Gasteiger partial charge in [-0.05, 0) is 19.8 Å². The van der Waals surface area contributed by atoms with Crippen molar-refractivity contribution < 1.29 is 15.0 Å². The van der Waals surface area contributed by atoms with E-state index >= 15 is 0 Å². The first-order chi connectivity index (χ1) is 6.95. The van der Waals surface area contributed by atoms with Crippen molar-refractivity contribution in [1.82, 2.24) is 0 Å². The second-order valence-electron chi connectivity index (χ2n) is 4.49. The Hall–Kier alpha value is -0.570. The first-order valence-corrected chi connectivity index (χ1v) is 5.90. The minimum atomic E-state index is -1.06. The Morgan fingerprint density at radius 3 is 2.27 bits per heavy atom. The molecule has 2 unspecified atom stereocenters. The van der Waals surface area contributed by atoms with E-state index in [2.05, 4.69) is 6.92 Å². The van der Waals surface area contributed by atoms with Crippen molar-refractivity contribution in [2.75, 3.05) is 0 Å². The largest absolute Gasteiger partial charge is 0.481 e. The number of aliphatic carboxylic acids is 1. The summed E-state index contributed by atoms with van der Waals surface area (Å²) in [6, 6.07) is 0. The van der Waals surface area contributed by atoms with Gasteiger partial charge < -0.3 is 10.2 Å². The molecule has 2 atom stereocenters. The van der Waals surface area contributed by atoms with Crippen LogP contribution in [-0.2, 0) is 4.79 Å². The number of carboxylic acids is 1. The second kappa shape index (κ2) is 6.83. The van der Waals surface area contributed by atoms with Crippen LogP contribution in [0.25, 0.3) is 0 Å². The van der Waals surface area contributed by atoms with Gasteiger partial charge in [-0.2, -0.15) is 0 Å². The highest BCUT2D eigenvalue weighted by atomic mass is 16.4. The SMILES string of the molecule is CCCCCC(C)(O)C(CCC)C(=O)O. The van der Waals surface area contributed by atoms with Crippen LogP contribution in [0.15, 0.2) is 0 Å². The highest BCUT2D eigenvalue weighted by Gasteiger charge is 2.35. The van der Waals surface area contributed by atoms with E-state index in [9.17, 15) is 9.90 Å². The Bertz CT molecular complexity index is 187. The zero-order valence-electron chi connectivity index (χ0n) is 10.1. The minimum Gasteiger partial charge on any atom is -0.481 e. The van der Waals surface area contributed by atoms with Crippen molar-refractivity contribution in [1.29, 1.82) is 0 Å². The summed E-state index contributed by atoms with van der Waals surface area (Å²) in [7, 11) is 0. The van der Waals surface area contributed by atoms with Gasteiger partial charge in [0, 0.05) is 0 Å². The molecule has 0 aliphatic carbocycles. The fourth-order valence-electron chi connectivity index (χ4n) is 1.90. The fourth-order valence-corrected chi connectivity index (χ4v) is 1.90. The van der Waals surface area contributed by atoms with E-state index in [1.807, 2.05) is 6.92 Å². The average Bonchev–Trinajstić information content (AvgIpc) is 2.13. The van der Waals surface area contributed by atoms with Gasteiger partial charge in [-0.15, -0.1) is 0 Å². The van der Waals surface area contributed by atoms with Crippen LogP contribution in [0.3, 0.4) is 0 Å². The van der Waals surface area contributed by atoms with Gasteiger partial charge in [0.25, 0.3) is 0 Å². The first kappa shape index (κ1) is 14.4. The standard InChI is InChI=1S/C12H24O3/c1-4-6-7-9-12(3,15)10(8-5-2)11(13)14/h10,15H,4-9H2,1-3H3,(H,13,14). The van der Waals surface area contributed by atoms with E-state index in [1.54, 1.807) is 6.92 Å². The molecule has 0 saturated heterocycles. The minimum absolute atomic E-state index is 0.550. The summed E-state index contributed by atoms with van der Waals surface area (Å²) in [4.78, 5) is 11.0. The summed E-state index contributed by atoms with van der Waals surface area (Å²) in [5, 5.41) is 19.2. The molecule has 0 bridgehead atoms. The monoisotopic (exact) mass is 216 g/mol. The Kier molecular flexibility index (Phi) is 6.57. The summed E-state index contributed by atoms with van der Waals surface area (Å²) in [5.74, 6) is -1.50. The Balaban J connectivity index is 4.28. The molecule has 0 aromatic heterocycles. The molecule has 0 aliphatic rings. The summed E-state index contributed by atoms with van der Waals surface area (Å²) >= 11 is 0. The molecule has 0 aliphatic heterocycles. The quantitative estimate of drug-likeness (QED) is 0.613. The van der Waals surface area contributed by atoms with Gasteiger partial charge in [0.1, 0.15) is 0 Å². The second-order valence-corrected chi connectivity index (χ2v) is 4.49. The third kappa shape index (κ3) is 5.17. The van der Waals surface area contributed by atoms with Crippen LogP contribution in [0, 0.1) is 5.92 Å². The Labute approximate surface area is 92.5 Å². The summed E-state index contributed by atoms with van der Waals surface area (Å²) in [6.45, 7) is 5.69. The highest BCUT2D eigenvalue weighted by molar-refractivity contribution is 5.71. The van der Waals surface area contributed by atoms with Gasteiger partial charge in [0.2, 0.25) is 0 Å². The molecule has 0 spiro atoms. The maximum Gasteiger partial charge on any atom is 0.309 e. The summed E-state index contributed by atoms with van der Waals surface area (Å²) < 4.78 is 0. The van der Waals surface area contributed by atoms with Gasteiger partial charge in [-0.3, -0.25) is 4.79 Å². The van der Waals surface area contributed by atoms with E-state index in [0.717, 1.165) is 25.7 Å². The molecule has 3 nitrogen and oxygen atoms in total. The lowest BCUT2D eigenvalue weighted by atomic mass is 9.82. The van der Waals surface area contributed by atoms with E-state index in [1.165, 1.54) is 0 Å². The Morgan fingerprint density at radius 2 is 1.87 bits per heavy atom. The zero-order chi connectivity index (χ0) is 11.9. The number of hydrogen-bond donors (Lipinski definition) is 2. The van der Waals surface area contributed by atoms with Crippen LogP contribution in [-0.4, -0.2) is 21.8 Å². The first-order valence-electron chi connectivity index (χ1n) is 5.90.